The van der Waals surface area contributed by atoms with E-state index in [1.807, 2.05) is 6.07 Å². The van der Waals surface area contributed by atoms with E-state index in [1.54, 1.807) is 48.5 Å². The highest BCUT2D eigenvalue weighted by Crippen LogP contribution is 2.25. The van der Waals surface area contributed by atoms with Crippen LogP contribution in [0.25, 0.3) is 10.8 Å². The van der Waals surface area contributed by atoms with E-state index >= 15 is 0 Å². The van der Waals surface area contributed by atoms with Crippen LogP contribution in [0.4, 0.5) is 0 Å². The zero-order chi connectivity index (χ0) is 20.1. The largest absolute Gasteiger partial charge is 0.507 e. The van der Waals surface area contributed by atoms with Crippen LogP contribution in [0.1, 0.15) is 27.6 Å². The molecule has 7 nitrogen and oxygen atoms in total. The molecule has 2 amide bonds. The molecule has 0 fully saturated rings. The van der Waals surface area contributed by atoms with Crippen molar-refractivity contribution in [1.82, 2.24) is 10.9 Å². The molecular formula is C21H18N2O5. The van der Waals surface area contributed by atoms with E-state index in [-0.39, 0.29) is 11.3 Å². The summed E-state index contributed by atoms with van der Waals surface area (Å²) in [6, 6.07) is 18.5. The summed E-state index contributed by atoms with van der Waals surface area (Å²) in [5.74, 6) is -2.30. The molecule has 1 atom stereocenters. The van der Waals surface area contributed by atoms with Crippen LogP contribution in [0.3, 0.4) is 0 Å². The molecule has 28 heavy (non-hydrogen) atoms. The number of amides is 2. The summed E-state index contributed by atoms with van der Waals surface area (Å²) in [4.78, 5) is 36.3. The minimum atomic E-state index is -1.19. The summed E-state index contributed by atoms with van der Waals surface area (Å²) in [5, 5.41) is 11.6. The summed E-state index contributed by atoms with van der Waals surface area (Å²) in [6.45, 7) is 1.36. The normalized spacial score (nSPS) is 11.5. The topological polar surface area (TPSA) is 105 Å². The van der Waals surface area contributed by atoms with Gasteiger partial charge in [-0.1, -0.05) is 42.5 Å². The predicted molar refractivity (Wildman–Crippen MR) is 103 cm³/mol. The van der Waals surface area contributed by atoms with Crippen molar-refractivity contribution in [3.63, 3.8) is 0 Å². The first kappa shape index (κ1) is 18.9. The number of nitrogens with one attached hydrogen (secondary N) is 2. The Morgan fingerprint density at radius 2 is 1.50 bits per heavy atom. The molecule has 3 aromatic carbocycles. The summed E-state index contributed by atoms with van der Waals surface area (Å²) >= 11 is 0. The fourth-order valence-electron chi connectivity index (χ4n) is 2.55. The van der Waals surface area contributed by atoms with Gasteiger partial charge in [-0.3, -0.25) is 20.4 Å². The highest BCUT2D eigenvalue weighted by Gasteiger charge is 2.22. The van der Waals surface area contributed by atoms with E-state index in [9.17, 15) is 19.5 Å². The number of phenols is 1. The highest BCUT2D eigenvalue weighted by molar-refractivity contribution is 6.00. The predicted octanol–water partition coefficient (Wildman–Crippen LogP) is 2.55. The molecule has 0 unspecified atom stereocenters. The minimum Gasteiger partial charge on any atom is -0.507 e. The quantitative estimate of drug-likeness (QED) is 0.478. The van der Waals surface area contributed by atoms with Crippen LogP contribution in [-0.4, -0.2) is 29.0 Å². The molecule has 0 heterocycles. The molecule has 142 valence electrons. The van der Waals surface area contributed by atoms with Crippen LogP contribution in [0.5, 0.6) is 5.75 Å². The molecule has 0 aliphatic carbocycles. The molecule has 3 N–H and O–H groups in total. The number of phenolic OH excluding ortho intramolecular Hbond substituents is 1. The van der Waals surface area contributed by atoms with Gasteiger partial charge in [0, 0.05) is 5.56 Å². The lowest BCUT2D eigenvalue weighted by Crippen LogP contribution is -2.46. The fourth-order valence-corrected chi connectivity index (χ4v) is 2.55. The number of ether oxygens (including phenoxy) is 1. The molecule has 0 aromatic heterocycles. The van der Waals surface area contributed by atoms with Crippen LogP contribution in [0, 0.1) is 0 Å². The van der Waals surface area contributed by atoms with Gasteiger partial charge in [0.2, 0.25) is 0 Å². The number of esters is 1. The summed E-state index contributed by atoms with van der Waals surface area (Å²) in [7, 11) is 0. The van der Waals surface area contributed by atoms with Crippen molar-refractivity contribution in [2.24, 2.45) is 0 Å². The Morgan fingerprint density at radius 1 is 0.893 bits per heavy atom. The maximum Gasteiger partial charge on any atom is 0.342 e. The van der Waals surface area contributed by atoms with Gasteiger partial charge in [-0.05, 0) is 42.0 Å². The van der Waals surface area contributed by atoms with Gasteiger partial charge >= 0.3 is 5.97 Å². The van der Waals surface area contributed by atoms with Gasteiger partial charge in [0.05, 0.1) is 0 Å². The Balaban J connectivity index is 1.61. The molecule has 7 heteroatoms. The first-order chi connectivity index (χ1) is 13.5. The SMILES string of the molecule is C[C@H](OC(=O)c1cc2ccccc2cc1O)C(=O)NNC(=O)c1ccccc1. The Bertz CT molecular complexity index is 1030. The lowest BCUT2D eigenvalue weighted by molar-refractivity contribution is -0.129. The molecule has 0 radical (unpaired) electrons. The molecule has 3 rings (SSSR count). The first-order valence-corrected chi connectivity index (χ1v) is 8.53. The van der Waals surface area contributed by atoms with Crippen molar-refractivity contribution in [1.29, 1.82) is 0 Å². The van der Waals surface area contributed by atoms with Gasteiger partial charge < -0.3 is 9.84 Å². The van der Waals surface area contributed by atoms with Gasteiger partial charge in [0.1, 0.15) is 11.3 Å². The van der Waals surface area contributed by atoms with E-state index in [0.29, 0.717) is 5.56 Å². The highest BCUT2D eigenvalue weighted by atomic mass is 16.5. The van der Waals surface area contributed by atoms with Crippen LogP contribution in [0.2, 0.25) is 0 Å². The first-order valence-electron chi connectivity index (χ1n) is 8.53. The van der Waals surface area contributed by atoms with Crippen LogP contribution in [-0.2, 0) is 9.53 Å². The number of carbonyl (C=O) groups is 3. The molecule has 3 aromatic rings. The number of hydrogen-bond donors (Lipinski definition) is 3. The van der Waals surface area contributed by atoms with Gasteiger partial charge in [-0.25, -0.2) is 4.79 Å². The van der Waals surface area contributed by atoms with Crippen molar-refractivity contribution in [2.75, 3.05) is 0 Å². The van der Waals surface area contributed by atoms with Crippen LogP contribution >= 0.6 is 0 Å². The van der Waals surface area contributed by atoms with Gasteiger partial charge in [0.15, 0.2) is 6.10 Å². The van der Waals surface area contributed by atoms with Crippen molar-refractivity contribution in [2.45, 2.75) is 13.0 Å². The van der Waals surface area contributed by atoms with Crippen molar-refractivity contribution in [3.05, 3.63) is 77.9 Å². The number of aromatic hydroxyl groups is 1. The second kappa shape index (κ2) is 8.22. The molecule has 0 saturated heterocycles. The Morgan fingerprint density at radius 3 is 2.18 bits per heavy atom. The molecule has 0 spiro atoms. The van der Waals surface area contributed by atoms with Crippen LogP contribution < -0.4 is 10.9 Å². The average molecular weight is 378 g/mol. The van der Waals surface area contributed by atoms with E-state index in [4.69, 9.17) is 4.74 Å². The Hall–Kier alpha value is -3.87. The van der Waals surface area contributed by atoms with Crippen molar-refractivity contribution >= 4 is 28.6 Å². The average Bonchev–Trinajstić information content (AvgIpc) is 2.71. The lowest BCUT2D eigenvalue weighted by atomic mass is 10.1. The third-order valence-corrected chi connectivity index (χ3v) is 4.07. The van der Waals surface area contributed by atoms with Crippen molar-refractivity contribution < 1.29 is 24.2 Å². The number of carbonyl (C=O) groups excluding carboxylic acids is 3. The summed E-state index contributed by atoms with van der Waals surface area (Å²) < 4.78 is 5.10. The fraction of sp³-hybridized carbons (Fsp3) is 0.0952. The third kappa shape index (κ3) is 4.27. The molecular weight excluding hydrogens is 360 g/mol. The second-order valence-electron chi connectivity index (χ2n) is 6.07. The maximum absolute atomic E-state index is 12.3. The monoisotopic (exact) mass is 378 g/mol. The van der Waals surface area contributed by atoms with E-state index in [2.05, 4.69) is 10.9 Å². The number of fused-ring (bicyclic) bond motifs is 1. The summed E-state index contributed by atoms with van der Waals surface area (Å²) in [6.07, 6.45) is -1.19. The standard InChI is InChI=1S/C21H18N2O5/c1-13(19(25)22-23-20(26)14-7-3-2-4-8-14)28-21(27)17-11-15-9-5-6-10-16(15)12-18(17)24/h2-13,24H,1H3,(H,22,25)(H,23,26)/t13-/m0/s1. The van der Waals surface area contributed by atoms with E-state index < -0.39 is 23.9 Å². The number of benzene rings is 3. The molecule has 0 bridgehead atoms. The van der Waals surface area contributed by atoms with Gasteiger partial charge in [0.25, 0.3) is 11.8 Å². The van der Waals surface area contributed by atoms with Crippen molar-refractivity contribution in [3.8, 4) is 5.75 Å². The zero-order valence-corrected chi connectivity index (χ0v) is 15.0. The van der Waals surface area contributed by atoms with Gasteiger partial charge in [-0.2, -0.15) is 0 Å². The number of rotatable bonds is 4. The molecule has 0 aliphatic heterocycles. The minimum absolute atomic E-state index is 0.0494. The third-order valence-electron chi connectivity index (χ3n) is 4.07. The lowest BCUT2D eigenvalue weighted by Gasteiger charge is -2.15. The van der Waals surface area contributed by atoms with Crippen LogP contribution in [0.15, 0.2) is 66.7 Å². The smallest absolute Gasteiger partial charge is 0.342 e. The summed E-state index contributed by atoms with van der Waals surface area (Å²) in [5.41, 5.74) is 4.77. The Kier molecular flexibility index (Phi) is 5.55. The maximum atomic E-state index is 12.3. The van der Waals surface area contributed by atoms with E-state index in [1.165, 1.54) is 19.1 Å². The van der Waals surface area contributed by atoms with Gasteiger partial charge in [-0.15, -0.1) is 0 Å². The number of hydrogen-bond acceptors (Lipinski definition) is 5. The Labute approximate surface area is 160 Å². The zero-order valence-electron chi connectivity index (χ0n) is 15.0. The number of hydrazine groups is 1. The molecule has 0 saturated carbocycles. The molecule has 0 aliphatic rings. The second-order valence-corrected chi connectivity index (χ2v) is 6.07. The van der Waals surface area contributed by atoms with E-state index in [0.717, 1.165) is 10.8 Å².